The molecule has 0 radical (unpaired) electrons. The lowest BCUT2D eigenvalue weighted by Crippen LogP contribution is -2.32. The second-order valence-electron chi connectivity index (χ2n) is 6.86. The number of aromatic amines is 1. The number of allylic oxidation sites excluding steroid dienone is 1. The molecule has 1 aliphatic carbocycles. The van der Waals surface area contributed by atoms with Crippen LogP contribution in [0.3, 0.4) is 0 Å². The summed E-state index contributed by atoms with van der Waals surface area (Å²) in [5.74, 6) is 0.0923. The van der Waals surface area contributed by atoms with E-state index in [2.05, 4.69) is 19.9 Å². The number of nitrogens with one attached hydrogen (secondary N) is 2. The minimum absolute atomic E-state index is 0.0923. The van der Waals surface area contributed by atoms with Gasteiger partial charge in [-0.1, -0.05) is 36.4 Å². The van der Waals surface area contributed by atoms with Crippen LogP contribution in [0.2, 0.25) is 0 Å². The number of benzene rings is 2. The lowest BCUT2D eigenvalue weighted by Gasteiger charge is -2.21. The smallest absolute Gasteiger partial charge is 0.262 e. The van der Waals surface area contributed by atoms with Crippen LogP contribution >= 0.6 is 0 Å². The second-order valence-corrected chi connectivity index (χ2v) is 8.62. The fourth-order valence-corrected chi connectivity index (χ4v) is 4.74. The summed E-state index contributed by atoms with van der Waals surface area (Å²) in [6.45, 7) is 0. The summed E-state index contributed by atoms with van der Waals surface area (Å²) in [4.78, 5) is 4.12. The molecule has 2 aromatic carbocycles. The van der Waals surface area contributed by atoms with E-state index in [0.29, 0.717) is 6.42 Å². The summed E-state index contributed by atoms with van der Waals surface area (Å²) in [5.41, 5.74) is 1.07. The van der Waals surface area contributed by atoms with Crippen molar-refractivity contribution in [2.75, 3.05) is 0 Å². The van der Waals surface area contributed by atoms with Crippen LogP contribution in [0.1, 0.15) is 40.5 Å². The van der Waals surface area contributed by atoms with E-state index in [-0.39, 0.29) is 22.7 Å². The number of sulfonamides is 1. The third-order valence-electron chi connectivity index (χ3n) is 4.88. The molecule has 1 atom stereocenters. The first kappa shape index (κ1) is 20.3. The van der Waals surface area contributed by atoms with Gasteiger partial charge in [0, 0.05) is 0 Å². The predicted octanol–water partition coefficient (Wildman–Crippen LogP) is 3.82. The molecule has 6 nitrogen and oxygen atoms in total. The highest BCUT2D eigenvalue weighted by molar-refractivity contribution is 7.93. The molecule has 0 saturated heterocycles. The van der Waals surface area contributed by atoms with Gasteiger partial charge in [0.15, 0.2) is 0 Å². The van der Waals surface area contributed by atoms with Gasteiger partial charge in [0.05, 0.1) is 10.5 Å². The Balaban J connectivity index is 1.71. The number of fused-ring (bicyclic) bond motifs is 1. The molecule has 0 fully saturated rings. The first-order valence-electron chi connectivity index (χ1n) is 9.07. The molecule has 0 unspecified atom stereocenters. The van der Waals surface area contributed by atoms with Gasteiger partial charge in [-0.15, -0.1) is 0 Å². The van der Waals surface area contributed by atoms with Gasteiger partial charge >= 0.3 is 6.18 Å². The third kappa shape index (κ3) is 4.14. The van der Waals surface area contributed by atoms with Crippen molar-refractivity contribution in [1.29, 1.82) is 0 Å². The van der Waals surface area contributed by atoms with E-state index in [1.807, 2.05) is 24.3 Å². The largest absolute Gasteiger partial charge is 0.416 e. The molecule has 0 spiro atoms. The van der Waals surface area contributed by atoms with Crippen molar-refractivity contribution in [3.8, 4) is 0 Å². The number of alkyl halides is 3. The van der Waals surface area contributed by atoms with Crippen LogP contribution in [0.25, 0.3) is 6.08 Å². The van der Waals surface area contributed by atoms with Crippen LogP contribution in [0, 0.1) is 0 Å². The van der Waals surface area contributed by atoms with Crippen LogP contribution < -0.4 is 4.72 Å². The molecule has 3 aromatic rings. The van der Waals surface area contributed by atoms with E-state index >= 15 is 0 Å². The van der Waals surface area contributed by atoms with Crippen LogP contribution in [0.4, 0.5) is 13.2 Å². The zero-order valence-electron chi connectivity index (χ0n) is 15.5. The van der Waals surface area contributed by atoms with Gasteiger partial charge in [0.1, 0.15) is 18.2 Å². The maximum Gasteiger partial charge on any atom is 0.416 e. The average Bonchev–Trinajstić information content (AvgIpc) is 3.26. The van der Waals surface area contributed by atoms with Gasteiger partial charge in [-0.2, -0.15) is 23.0 Å². The Kier molecular flexibility index (Phi) is 5.20. The summed E-state index contributed by atoms with van der Waals surface area (Å²) in [6, 6.07) is 10.8. The fourth-order valence-electron chi connectivity index (χ4n) is 3.38. The molecule has 0 aliphatic heterocycles. The van der Waals surface area contributed by atoms with Crippen molar-refractivity contribution in [3.05, 3.63) is 87.8 Å². The average molecular weight is 434 g/mol. The zero-order chi connectivity index (χ0) is 21.4. The maximum absolute atomic E-state index is 13.2. The van der Waals surface area contributed by atoms with Gasteiger partial charge in [0.2, 0.25) is 10.0 Å². The maximum atomic E-state index is 13.2. The molecule has 2 N–H and O–H groups in total. The van der Waals surface area contributed by atoms with Crippen LogP contribution in [-0.4, -0.2) is 23.6 Å². The fraction of sp³-hybridized carbons (Fsp3) is 0.200. The summed E-state index contributed by atoms with van der Waals surface area (Å²) >= 11 is 0. The number of aryl methyl sites for hydroxylation is 1. The summed E-state index contributed by atoms with van der Waals surface area (Å²) in [7, 11) is -4.01. The minimum atomic E-state index is -4.56. The first-order valence-corrected chi connectivity index (χ1v) is 10.6. The van der Waals surface area contributed by atoms with Crippen LogP contribution in [0.15, 0.2) is 59.8 Å². The summed E-state index contributed by atoms with van der Waals surface area (Å²) < 4.78 is 68.2. The van der Waals surface area contributed by atoms with Gasteiger partial charge in [-0.05, 0) is 47.7 Å². The Morgan fingerprint density at radius 2 is 1.87 bits per heavy atom. The lowest BCUT2D eigenvalue weighted by atomic mass is 9.98. The summed E-state index contributed by atoms with van der Waals surface area (Å²) in [6.07, 6.45) is -0.959. The third-order valence-corrected chi connectivity index (χ3v) is 6.44. The standard InChI is InChI=1S/C20H17F3N4O2S/c21-20(22,23)16-7-3-6-15(10-16)18(19-24-12-25-26-19)27-30(28,29)17-9-8-13-4-1-2-5-14(13)11-17/h1-7,10-12,18,27H,8-9H2,(H,24,25,26)/t18-/m0/s1. The number of hydrogen-bond acceptors (Lipinski definition) is 4. The second kappa shape index (κ2) is 7.69. The quantitative estimate of drug-likeness (QED) is 0.639. The number of aromatic nitrogens is 3. The Hall–Kier alpha value is -2.98. The highest BCUT2D eigenvalue weighted by Crippen LogP contribution is 2.33. The number of nitrogens with zero attached hydrogens (tertiary/aromatic N) is 2. The van der Waals surface area contributed by atoms with E-state index in [9.17, 15) is 21.6 Å². The molecule has 1 aliphatic rings. The van der Waals surface area contributed by atoms with Gasteiger partial charge in [-0.25, -0.2) is 13.4 Å². The van der Waals surface area contributed by atoms with Gasteiger partial charge in [0.25, 0.3) is 0 Å². The molecule has 1 heterocycles. The highest BCUT2D eigenvalue weighted by Gasteiger charge is 2.33. The van der Waals surface area contributed by atoms with Gasteiger partial charge < -0.3 is 0 Å². The van der Waals surface area contributed by atoms with E-state index in [1.54, 1.807) is 6.08 Å². The molecule has 156 valence electrons. The number of hydrogen-bond donors (Lipinski definition) is 2. The Morgan fingerprint density at radius 1 is 1.07 bits per heavy atom. The van der Waals surface area contributed by atoms with E-state index < -0.39 is 27.8 Å². The Labute approximate surface area is 170 Å². The van der Waals surface area contributed by atoms with Crippen LogP contribution in [-0.2, 0) is 22.6 Å². The highest BCUT2D eigenvalue weighted by atomic mass is 32.2. The number of rotatable bonds is 5. The van der Waals surface area contributed by atoms with E-state index in [4.69, 9.17) is 0 Å². The van der Waals surface area contributed by atoms with Crippen molar-refractivity contribution < 1.29 is 21.6 Å². The van der Waals surface area contributed by atoms with Crippen molar-refractivity contribution in [2.45, 2.75) is 25.1 Å². The van der Waals surface area contributed by atoms with Crippen molar-refractivity contribution in [3.63, 3.8) is 0 Å². The van der Waals surface area contributed by atoms with Gasteiger partial charge in [-0.3, -0.25) is 5.10 Å². The monoisotopic (exact) mass is 434 g/mol. The van der Waals surface area contributed by atoms with E-state index in [0.717, 1.165) is 23.3 Å². The molecule has 30 heavy (non-hydrogen) atoms. The van der Waals surface area contributed by atoms with Crippen LogP contribution in [0.5, 0.6) is 0 Å². The minimum Gasteiger partial charge on any atom is -0.262 e. The number of H-pyrrole nitrogens is 1. The molecular weight excluding hydrogens is 417 g/mol. The molecular formula is C20H17F3N4O2S. The van der Waals surface area contributed by atoms with Crippen molar-refractivity contribution >= 4 is 16.1 Å². The topological polar surface area (TPSA) is 87.7 Å². The molecule has 4 rings (SSSR count). The molecule has 0 saturated carbocycles. The molecule has 0 amide bonds. The first-order chi connectivity index (χ1) is 14.2. The zero-order valence-corrected chi connectivity index (χ0v) is 16.3. The van der Waals surface area contributed by atoms with Crippen molar-refractivity contribution in [2.24, 2.45) is 0 Å². The number of halogens is 3. The lowest BCUT2D eigenvalue weighted by molar-refractivity contribution is -0.137. The van der Waals surface area contributed by atoms with E-state index in [1.165, 1.54) is 18.5 Å². The van der Waals surface area contributed by atoms with Crippen molar-refractivity contribution in [1.82, 2.24) is 19.9 Å². The molecule has 1 aromatic heterocycles. The predicted molar refractivity (Wildman–Crippen MR) is 104 cm³/mol. The normalized spacial score (nSPS) is 15.4. The Bertz CT molecular complexity index is 1190. The summed E-state index contributed by atoms with van der Waals surface area (Å²) in [5, 5.41) is 6.25. The molecule has 10 heteroatoms. The SMILES string of the molecule is O=S(=O)(N[C@@H](c1cccc(C(F)(F)F)c1)c1ncn[nH]1)C1=Cc2ccccc2CC1. The molecule has 0 bridgehead atoms. The Morgan fingerprint density at radius 3 is 2.60 bits per heavy atom.